The van der Waals surface area contributed by atoms with E-state index in [-0.39, 0.29) is 11.3 Å². The number of H-pyrrole nitrogens is 1. The molecule has 1 N–H and O–H groups in total. The number of ketones is 1. The second-order valence-electron chi connectivity index (χ2n) is 4.16. The van der Waals surface area contributed by atoms with Crippen molar-refractivity contribution in [1.82, 2.24) is 4.98 Å². The van der Waals surface area contributed by atoms with Crippen molar-refractivity contribution >= 4 is 28.7 Å². The molecule has 1 aromatic carbocycles. The summed E-state index contributed by atoms with van der Waals surface area (Å²) in [7, 11) is 0. The predicted molar refractivity (Wildman–Crippen MR) is 78.1 cm³/mol. The van der Waals surface area contributed by atoms with Crippen molar-refractivity contribution in [3.63, 3.8) is 0 Å². The fraction of sp³-hybridized carbons (Fsp3) is 0.286. The molecule has 0 radical (unpaired) electrons. The highest BCUT2D eigenvalue weighted by molar-refractivity contribution is 7.94. The molecule has 0 aliphatic rings. The first-order chi connectivity index (χ1) is 9.10. The van der Waals surface area contributed by atoms with E-state index < -0.39 is 5.56 Å². The van der Waals surface area contributed by atoms with Crippen molar-refractivity contribution in [3.05, 3.63) is 39.7 Å². The van der Waals surface area contributed by atoms with Crippen LogP contribution < -0.4 is 9.74 Å². The molecule has 1 heterocycles. The van der Waals surface area contributed by atoms with E-state index in [2.05, 4.69) is 4.98 Å². The number of aromatic nitrogens is 1. The normalized spacial score (nSPS) is 10.7. The third-order valence-electron chi connectivity index (χ3n) is 2.99. The first-order valence-corrected chi connectivity index (χ1v) is 7.14. The van der Waals surface area contributed by atoms with Gasteiger partial charge in [-0.1, -0.05) is 19.1 Å². The van der Waals surface area contributed by atoms with Crippen LogP contribution in [0, 0.1) is 0 Å². The van der Waals surface area contributed by atoms with E-state index in [4.69, 9.17) is 4.18 Å². The average molecular weight is 277 g/mol. The van der Waals surface area contributed by atoms with Crippen LogP contribution in [0.2, 0.25) is 0 Å². The summed E-state index contributed by atoms with van der Waals surface area (Å²) in [5, 5.41) is 0.763. The predicted octanol–water partition coefficient (Wildman–Crippen LogP) is 2.95. The Hall–Kier alpha value is -1.75. The summed E-state index contributed by atoms with van der Waals surface area (Å²) in [5.74, 6) is 0.0585. The van der Waals surface area contributed by atoms with Crippen molar-refractivity contribution in [2.75, 3.05) is 6.26 Å². The number of hydrogen-bond donors (Lipinski definition) is 1. The van der Waals surface area contributed by atoms with Crippen LogP contribution in [-0.4, -0.2) is 17.0 Å². The number of hydrogen-bond acceptors (Lipinski definition) is 4. The lowest BCUT2D eigenvalue weighted by Crippen LogP contribution is -2.18. The highest BCUT2D eigenvalue weighted by Gasteiger charge is 2.19. The molecule has 0 saturated heterocycles. The Labute approximate surface area is 115 Å². The zero-order valence-corrected chi connectivity index (χ0v) is 11.9. The summed E-state index contributed by atoms with van der Waals surface area (Å²) in [6, 6.07) is 5.70. The van der Waals surface area contributed by atoms with Gasteiger partial charge in [0.1, 0.15) is 5.56 Å². The lowest BCUT2D eigenvalue weighted by atomic mass is 10.0. The number of carbonyl (C=O) groups is 1. The number of carbonyl (C=O) groups excluding carboxylic acids is 1. The average Bonchev–Trinajstić information content (AvgIpc) is 2.37. The summed E-state index contributed by atoms with van der Waals surface area (Å²) in [4.78, 5) is 26.5. The van der Waals surface area contributed by atoms with E-state index in [0.717, 1.165) is 34.9 Å². The molecule has 2 aromatic rings. The van der Waals surface area contributed by atoms with Gasteiger partial charge in [-0.05, 0) is 25.0 Å². The van der Waals surface area contributed by atoms with Crippen molar-refractivity contribution in [1.29, 1.82) is 0 Å². The van der Waals surface area contributed by atoms with E-state index in [1.807, 2.05) is 25.1 Å². The number of para-hydroxylation sites is 1. The van der Waals surface area contributed by atoms with Crippen LogP contribution in [0.1, 0.15) is 29.8 Å². The molecule has 5 heteroatoms. The molecule has 4 nitrogen and oxygen atoms in total. The Bertz CT molecular complexity index is 691. The van der Waals surface area contributed by atoms with Crippen LogP contribution in [0.3, 0.4) is 0 Å². The number of pyridine rings is 1. The highest BCUT2D eigenvalue weighted by Crippen LogP contribution is 2.30. The summed E-state index contributed by atoms with van der Waals surface area (Å²) in [6.07, 6.45) is 2.55. The van der Waals surface area contributed by atoms with Crippen LogP contribution in [0.5, 0.6) is 5.75 Å². The molecular weight excluding hydrogens is 262 g/mol. The first kappa shape index (κ1) is 13.7. The fourth-order valence-corrected chi connectivity index (χ4v) is 2.47. The molecule has 0 atom stereocenters. The highest BCUT2D eigenvalue weighted by atomic mass is 32.2. The molecule has 0 aliphatic heterocycles. The quantitative estimate of drug-likeness (QED) is 0.689. The van der Waals surface area contributed by atoms with Gasteiger partial charge < -0.3 is 9.17 Å². The van der Waals surface area contributed by atoms with Gasteiger partial charge in [0.2, 0.25) is 0 Å². The van der Waals surface area contributed by atoms with Crippen molar-refractivity contribution < 1.29 is 8.98 Å². The fourth-order valence-electron chi connectivity index (χ4n) is 2.14. The monoisotopic (exact) mass is 277 g/mol. The largest absolute Gasteiger partial charge is 0.424 e. The molecule has 1 aromatic heterocycles. The van der Waals surface area contributed by atoms with Gasteiger partial charge in [-0.2, -0.15) is 0 Å². The molecule has 0 unspecified atom stereocenters. The van der Waals surface area contributed by atoms with E-state index in [1.165, 1.54) is 6.92 Å². The third kappa shape index (κ3) is 2.38. The Kier molecular flexibility index (Phi) is 3.95. The van der Waals surface area contributed by atoms with E-state index in [9.17, 15) is 9.59 Å². The molecule has 0 aliphatic carbocycles. The smallest absolute Gasteiger partial charge is 0.263 e. The molecule has 0 bridgehead atoms. The van der Waals surface area contributed by atoms with Gasteiger partial charge in [-0.15, -0.1) is 0 Å². The Morgan fingerprint density at radius 2 is 2.16 bits per heavy atom. The maximum Gasteiger partial charge on any atom is 0.263 e. The maximum atomic E-state index is 12.1. The van der Waals surface area contributed by atoms with Gasteiger partial charge in [0.25, 0.3) is 5.56 Å². The molecule has 0 fully saturated rings. The van der Waals surface area contributed by atoms with Crippen LogP contribution >= 0.6 is 12.0 Å². The van der Waals surface area contributed by atoms with Crippen molar-refractivity contribution in [3.8, 4) is 5.75 Å². The van der Waals surface area contributed by atoms with Crippen molar-refractivity contribution in [2.24, 2.45) is 0 Å². The zero-order chi connectivity index (χ0) is 14.0. The van der Waals surface area contributed by atoms with Gasteiger partial charge in [0.15, 0.2) is 11.5 Å². The topological polar surface area (TPSA) is 59.2 Å². The van der Waals surface area contributed by atoms with Gasteiger partial charge in [-0.3, -0.25) is 9.59 Å². The van der Waals surface area contributed by atoms with E-state index in [1.54, 1.807) is 6.26 Å². The number of aromatic amines is 1. The molecule has 0 amide bonds. The van der Waals surface area contributed by atoms with Gasteiger partial charge in [-0.25, -0.2) is 0 Å². The molecular formula is C14H15NO3S. The number of fused-ring (bicyclic) bond motifs is 1. The van der Waals surface area contributed by atoms with Crippen LogP contribution in [0.4, 0.5) is 0 Å². The Morgan fingerprint density at radius 1 is 1.42 bits per heavy atom. The SMILES string of the molecule is CCc1cccc2c(OSC)c(C(C)=O)c(=O)[nH]c12. The lowest BCUT2D eigenvalue weighted by molar-refractivity contribution is 0.101. The summed E-state index contributed by atoms with van der Waals surface area (Å²) < 4.78 is 5.47. The second kappa shape index (κ2) is 5.48. The van der Waals surface area contributed by atoms with E-state index in [0.29, 0.717) is 5.75 Å². The van der Waals surface area contributed by atoms with Crippen molar-refractivity contribution in [2.45, 2.75) is 20.3 Å². The first-order valence-electron chi connectivity index (χ1n) is 5.99. The van der Waals surface area contributed by atoms with Crippen LogP contribution in [-0.2, 0) is 6.42 Å². The van der Waals surface area contributed by atoms with E-state index >= 15 is 0 Å². The van der Waals surface area contributed by atoms with Gasteiger partial charge >= 0.3 is 0 Å². The Balaban J connectivity index is 2.92. The summed E-state index contributed by atoms with van der Waals surface area (Å²) in [6.45, 7) is 3.38. The minimum absolute atomic E-state index is 0.0788. The number of benzene rings is 1. The summed E-state index contributed by atoms with van der Waals surface area (Å²) >= 11 is 1.12. The Morgan fingerprint density at radius 3 is 2.74 bits per heavy atom. The number of Topliss-reactive ketones (excluding diaryl/α,β-unsaturated/α-hetero) is 1. The van der Waals surface area contributed by atoms with Gasteiger partial charge in [0.05, 0.1) is 17.6 Å². The molecule has 19 heavy (non-hydrogen) atoms. The summed E-state index contributed by atoms with van der Waals surface area (Å²) in [5.41, 5.74) is 1.44. The number of rotatable bonds is 4. The van der Waals surface area contributed by atoms with Crippen LogP contribution in [0.25, 0.3) is 10.9 Å². The maximum absolute atomic E-state index is 12.1. The zero-order valence-electron chi connectivity index (χ0n) is 11.1. The van der Waals surface area contributed by atoms with Crippen LogP contribution in [0.15, 0.2) is 23.0 Å². The standard InChI is InChI=1S/C14H15NO3S/c1-4-9-6-5-7-10-12(9)15-14(17)11(8(2)16)13(10)18-19-3/h5-7H,4H2,1-3H3,(H,15,17). The number of aryl methyl sites for hydroxylation is 1. The molecule has 0 saturated carbocycles. The minimum Gasteiger partial charge on any atom is -0.424 e. The van der Waals surface area contributed by atoms with Gasteiger partial charge in [0, 0.05) is 11.6 Å². The molecule has 100 valence electrons. The second-order valence-corrected chi connectivity index (χ2v) is 4.66. The number of nitrogens with one attached hydrogen (secondary N) is 1. The lowest BCUT2D eigenvalue weighted by Gasteiger charge is -2.11. The third-order valence-corrected chi connectivity index (χ3v) is 3.32. The minimum atomic E-state index is -0.398. The molecule has 2 rings (SSSR count). The molecule has 0 spiro atoms.